The van der Waals surface area contributed by atoms with Crippen LogP contribution in [-0.4, -0.2) is 27.0 Å². The van der Waals surface area contributed by atoms with Gasteiger partial charge in [0.05, 0.1) is 0 Å². The molecule has 4 nitrogen and oxygen atoms in total. The van der Waals surface area contributed by atoms with Crippen LogP contribution in [0.25, 0.3) is 0 Å². The SMILES string of the molecule is COc1ccc([Se]c2ccccc2)c([N+](=O)[O-])c1. The van der Waals surface area contributed by atoms with E-state index in [1.54, 1.807) is 12.1 Å². The van der Waals surface area contributed by atoms with E-state index < -0.39 is 0 Å². The van der Waals surface area contributed by atoms with Gasteiger partial charge < -0.3 is 0 Å². The molecule has 0 atom stereocenters. The Labute approximate surface area is 111 Å². The molecule has 0 aromatic heterocycles. The van der Waals surface area contributed by atoms with Crippen molar-refractivity contribution in [2.45, 2.75) is 0 Å². The molecule has 2 aromatic carbocycles. The Balaban J connectivity index is 2.35. The molecule has 0 bridgehead atoms. The molecule has 0 N–H and O–H groups in total. The van der Waals surface area contributed by atoms with E-state index in [1.165, 1.54) is 13.2 Å². The topological polar surface area (TPSA) is 52.4 Å². The molecular formula is C13H11NO3Se. The maximum atomic E-state index is 11.0. The van der Waals surface area contributed by atoms with Crippen LogP contribution >= 0.6 is 0 Å². The molecule has 0 unspecified atom stereocenters. The predicted molar refractivity (Wildman–Crippen MR) is 71.1 cm³/mol. The molecule has 0 aliphatic rings. The van der Waals surface area contributed by atoms with Gasteiger partial charge in [-0.25, -0.2) is 0 Å². The summed E-state index contributed by atoms with van der Waals surface area (Å²) >= 11 is -0.0735. The van der Waals surface area contributed by atoms with Gasteiger partial charge in [-0.05, 0) is 0 Å². The summed E-state index contributed by atoms with van der Waals surface area (Å²) in [5.74, 6) is 0.509. The van der Waals surface area contributed by atoms with Gasteiger partial charge in [-0.15, -0.1) is 0 Å². The predicted octanol–water partition coefficient (Wildman–Crippen LogP) is 1.26. The molecule has 2 aromatic rings. The first kappa shape index (κ1) is 12.6. The third kappa shape index (κ3) is 2.88. The standard InChI is InChI=1S/C13H11NO3Se/c1-17-10-7-8-13(12(9-10)14(15)16)18-11-5-3-2-4-6-11/h2-9H,1H3. The number of hydrogen-bond acceptors (Lipinski definition) is 3. The summed E-state index contributed by atoms with van der Waals surface area (Å²) in [5, 5.41) is 11.0. The average molecular weight is 308 g/mol. The van der Waals surface area contributed by atoms with Crippen LogP contribution in [0.2, 0.25) is 0 Å². The van der Waals surface area contributed by atoms with E-state index in [-0.39, 0.29) is 25.6 Å². The summed E-state index contributed by atoms with van der Waals surface area (Å²) in [6.45, 7) is 0. The van der Waals surface area contributed by atoms with E-state index in [1.807, 2.05) is 30.3 Å². The maximum absolute atomic E-state index is 11.0. The minimum absolute atomic E-state index is 0.0735. The summed E-state index contributed by atoms with van der Waals surface area (Å²) in [7, 11) is 1.50. The zero-order chi connectivity index (χ0) is 13.0. The molecule has 0 saturated carbocycles. The van der Waals surface area contributed by atoms with Gasteiger partial charge >= 0.3 is 111 Å². The number of benzene rings is 2. The molecule has 5 heteroatoms. The third-order valence-electron chi connectivity index (χ3n) is 2.33. The number of hydrogen-bond donors (Lipinski definition) is 0. The second kappa shape index (κ2) is 5.67. The van der Waals surface area contributed by atoms with Gasteiger partial charge in [0.1, 0.15) is 0 Å². The molecule has 0 saturated heterocycles. The molecular weight excluding hydrogens is 297 g/mol. The van der Waals surface area contributed by atoms with Crippen molar-refractivity contribution in [2.75, 3.05) is 7.11 Å². The Bertz CT molecular complexity index is 557. The van der Waals surface area contributed by atoms with Gasteiger partial charge in [-0.3, -0.25) is 0 Å². The fourth-order valence-electron chi connectivity index (χ4n) is 1.47. The molecule has 92 valence electrons. The van der Waals surface area contributed by atoms with Crippen LogP contribution in [0, 0.1) is 10.1 Å². The van der Waals surface area contributed by atoms with Crippen molar-refractivity contribution in [2.24, 2.45) is 0 Å². The van der Waals surface area contributed by atoms with Crippen LogP contribution in [0.3, 0.4) is 0 Å². The number of rotatable bonds is 4. The van der Waals surface area contributed by atoms with Crippen molar-refractivity contribution < 1.29 is 9.66 Å². The van der Waals surface area contributed by atoms with Crippen LogP contribution in [0.15, 0.2) is 48.5 Å². The van der Waals surface area contributed by atoms with Gasteiger partial charge in [-0.2, -0.15) is 0 Å². The van der Waals surface area contributed by atoms with Crippen LogP contribution in [0.4, 0.5) is 5.69 Å². The Kier molecular flexibility index (Phi) is 3.97. The van der Waals surface area contributed by atoms with Crippen molar-refractivity contribution in [3.8, 4) is 5.75 Å². The fourth-order valence-corrected chi connectivity index (χ4v) is 3.40. The zero-order valence-corrected chi connectivity index (χ0v) is 11.4. The van der Waals surface area contributed by atoms with Crippen molar-refractivity contribution in [3.05, 3.63) is 58.6 Å². The van der Waals surface area contributed by atoms with Crippen LogP contribution in [-0.2, 0) is 0 Å². The summed E-state index contributed by atoms with van der Waals surface area (Å²) in [5.41, 5.74) is 0.123. The Morgan fingerprint density at radius 3 is 2.50 bits per heavy atom. The first-order chi connectivity index (χ1) is 8.70. The summed E-state index contributed by atoms with van der Waals surface area (Å²) in [6, 6.07) is 14.8. The average Bonchev–Trinajstić information content (AvgIpc) is 2.40. The van der Waals surface area contributed by atoms with E-state index >= 15 is 0 Å². The van der Waals surface area contributed by atoms with E-state index in [2.05, 4.69) is 0 Å². The van der Waals surface area contributed by atoms with E-state index in [0.717, 1.165) is 8.92 Å². The normalized spacial score (nSPS) is 10.1. The Morgan fingerprint density at radius 1 is 1.17 bits per heavy atom. The van der Waals surface area contributed by atoms with E-state index in [4.69, 9.17) is 4.74 Å². The van der Waals surface area contributed by atoms with Gasteiger partial charge in [0.25, 0.3) is 0 Å². The molecule has 0 amide bonds. The third-order valence-corrected chi connectivity index (χ3v) is 4.59. The van der Waals surface area contributed by atoms with Crippen molar-refractivity contribution in [1.82, 2.24) is 0 Å². The molecule has 0 radical (unpaired) electrons. The summed E-state index contributed by atoms with van der Waals surface area (Å²) < 4.78 is 6.87. The molecule has 2 rings (SSSR count). The number of nitro benzene ring substituents is 1. The van der Waals surface area contributed by atoms with Crippen LogP contribution in [0.5, 0.6) is 5.75 Å². The van der Waals surface area contributed by atoms with Gasteiger partial charge in [0.15, 0.2) is 0 Å². The quantitative estimate of drug-likeness (QED) is 0.485. The fraction of sp³-hybridized carbons (Fsp3) is 0.0769. The number of methoxy groups -OCH3 is 1. The molecule has 0 fully saturated rings. The number of nitrogens with zero attached hydrogens (tertiary/aromatic N) is 1. The van der Waals surface area contributed by atoms with Crippen molar-refractivity contribution in [3.63, 3.8) is 0 Å². The summed E-state index contributed by atoms with van der Waals surface area (Å²) in [6.07, 6.45) is 0. The first-order valence-electron chi connectivity index (χ1n) is 5.26. The second-order valence-electron chi connectivity index (χ2n) is 3.51. The van der Waals surface area contributed by atoms with Crippen LogP contribution < -0.4 is 13.7 Å². The van der Waals surface area contributed by atoms with Crippen molar-refractivity contribution >= 4 is 29.6 Å². The van der Waals surface area contributed by atoms with Crippen LogP contribution in [0.1, 0.15) is 0 Å². The molecule has 0 aliphatic carbocycles. The summed E-state index contributed by atoms with van der Waals surface area (Å²) in [4.78, 5) is 10.7. The zero-order valence-electron chi connectivity index (χ0n) is 9.70. The second-order valence-corrected chi connectivity index (χ2v) is 5.85. The molecule has 0 spiro atoms. The number of nitro groups is 1. The van der Waals surface area contributed by atoms with Gasteiger partial charge in [-0.1, -0.05) is 0 Å². The monoisotopic (exact) mass is 309 g/mol. The molecule has 0 aliphatic heterocycles. The van der Waals surface area contributed by atoms with Crippen molar-refractivity contribution in [1.29, 1.82) is 0 Å². The molecule has 18 heavy (non-hydrogen) atoms. The number of ether oxygens (including phenoxy) is 1. The van der Waals surface area contributed by atoms with Gasteiger partial charge in [0.2, 0.25) is 0 Å². The molecule has 0 heterocycles. The first-order valence-corrected chi connectivity index (χ1v) is 6.97. The minimum atomic E-state index is -0.359. The van der Waals surface area contributed by atoms with E-state index in [0.29, 0.717) is 5.75 Å². The van der Waals surface area contributed by atoms with Gasteiger partial charge in [0, 0.05) is 0 Å². The Hall–Kier alpha value is -1.84. The van der Waals surface area contributed by atoms with E-state index in [9.17, 15) is 10.1 Å². The Morgan fingerprint density at radius 2 is 1.89 bits per heavy atom.